The third kappa shape index (κ3) is 6.30. The number of thiophene rings is 1. The maximum Gasteiger partial charge on any atom is 0.236 e. The summed E-state index contributed by atoms with van der Waals surface area (Å²) in [4.78, 5) is 18.1. The summed E-state index contributed by atoms with van der Waals surface area (Å²) in [5, 5.41) is 8.70. The minimum absolute atomic E-state index is 0.0986. The lowest BCUT2D eigenvalue weighted by Crippen LogP contribution is -2.38. The van der Waals surface area contributed by atoms with Crippen LogP contribution in [0.2, 0.25) is 0 Å². The first kappa shape index (κ1) is 17.7. The number of rotatable bonds is 7. The van der Waals surface area contributed by atoms with Crippen LogP contribution in [0.15, 0.2) is 12.1 Å². The topological polar surface area (TPSA) is 43.8 Å². The van der Waals surface area contributed by atoms with Gasteiger partial charge in [-0.15, -0.1) is 11.3 Å². The zero-order chi connectivity index (χ0) is 15.7. The van der Waals surface area contributed by atoms with Gasteiger partial charge in [0, 0.05) is 30.9 Å². The van der Waals surface area contributed by atoms with Crippen LogP contribution < -0.4 is 0 Å². The van der Waals surface area contributed by atoms with E-state index in [1.807, 2.05) is 42.8 Å². The summed E-state index contributed by atoms with van der Waals surface area (Å²) < 4.78 is 0. The molecule has 0 aromatic carbocycles. The second kappa shape index (κ2) is 9.56. The summed E-state index contributed by atoms with van der Waals surface area (Å²) in [7, 11) is 1.96. The van der Waals surface area contributed by atoms with Gasteiger partial charge in [0.25, 0.3) is 0 Å². The minimum Gasteiger partial charge on any atom is -0.395 e. The monoisotopic (exact) mass is 308 g/mol. The number of hydrogen-bond donors (Lipinski definition) is 1. The maximum absolute atomic E-state index is 12.0. The molecule has 1 amide bonds. The zero-order valence-electron chi connectivity index (χ0n) is 13.1. The fraction of sp³-hybridized carbons (Fsp3) is 0.562. The van der Waals surface area contributed by atoms with E-state index in [-0.39, 0.29) is 12.5 Å². The van der Waals surface area contributed by atoms with Gasteiger partial charge < -0.3 is 10.0 Å². The van der Waals surface area contributed by atoms with Crippen LogP contribution in [0.25, 0.3) is 0 Å². The average molecular weight is 308 g/mol. The van der Waals surface area contributed by atoms with Gasteiger partial charge in [-0.2, -0.15) is 0 Å². The number of nitrogens with zero attached hydrogens (tertiary/aromatic N) is 2. The second-order valence-corrected chi connectivity index (χ2v) is 5.95. The lowest BCUT2D eigenvalue weighted by atomic mass is 10.3. The van der Waals surface area contributed by atoms with Crippen LogP contribution in [0, 0.1) is 11.8 Å². The minimum atomic E-state index is 0.0986. The molecule has 0 aliphatic rings. The lowest BCUT2D eigenvalue weighted by molar-refractivity contribution is -0.131. The lowest BCUT2D eigenvalue weighted by Gasteiger charge is -2.22. The number of aliphatic hydroxyl groups excluding tert-OH is 1. The molecule has 0 aliphatic heterocycles. The molecule has 0 saturated heterocycles. The van der Waals surface area contributed by atoms with Gasteiger partial charge in [-0.25, -0.2) is 0 Å². The van der Waals surface area contributed by atoms with Crippen molar-refractivity contribution in [1.29, 1.82) is 0 Å². The third-order valence-electron chi connectivity index (χ3n) is 3.06. The van der Waals surface area contributed by atoms with Crippen molar-refractivity contribution in [3.63, 3.8) is 0 Å². The number of carbonyl (C=O) groups excluding carboxylic acids is 1. The molecule has 21 heavy (non-hydrogen) atoms. The van der Waals surface area contributed by atoms with E-state index in [9.17, 15) is 4.79 Å². The predicted octanol–water partition coefficient (Wildman–Crippen LogP) is 1.78. The predicted molar refractivity (Wildman–Crippen MR) is 87.2 cm³/mol. The molecular formula is C16H24N2O2S. The van der Waals surface area contributed by atoms with Crippen molar-refractivity contribution in [3.05, 3.63) is 21.9 Å². The molecule has 0 saturated carbocycles. The number of carbonyl (C=O) groups is 1. The van der Waals surface area contributed by atoms with Gasteiger partial charge in [0.15, 0.2) is 0 Å². The normalized spacial score (nSPS) is 10.3. The molecule has 0 fully saturated rings. The molecule has 1 aromatic heterocycles. The quantitative estimate of drug-likeness (QED) is 0.781. The van der Waals surface area contributed by atoms with Gasteiger partial charge in [0.2, 0.25) is 5.91 Å². The molecule has 1 aromatic rings. The maximum atomic E-state index is 12.0. The number of aliphatic hydroxyl groups is 1. The summed E-state index contributed by atoms with van der Waals surface area (Å²) in [5.74, 6) is 6.12. The molecule has 1 heterocycles. The third-order valence-corrected chi connectivity index (χ3v) is 4.04. The number of likely N-dealkylation sites (N-methyl/N-ethyl adjacent to an activating group) is 2. The van der Waals surface area contributed by atoms with E-state index in [0.717, 1.165) is 24.5 Å². The van der Waals surface area contributed by atoms with Crippen LogP contribution in [0.4, 0.5) is 0 Å². The van der Waals surface area contributed by atoms with E-state index in [0.29, 0.717) is 13.0 Å². The Hall–Kier alpha value is -1.35. The van der Waals surface area contributed by atoms with Gasteiger partial charge in [-0.1, -0.05) is 11.8 Å². The molecule has 1 N–H and O–H groups in total. The van der Waals surface area contributed by atoms with E-state index >= 15 is 0 Å². The molecule has 0 unspecified atom stereocenters. The Kier molecular flexibility index (Phi) is 8.06. The fourth-order valence-electron chi connectivity index (χ4n) is 1.96. The highest BCUT2D eigenvalue weighted by molar-refractivity contribution is 7.12. The highest BCUT2D eigenvalue weighted by Gasteiger charge is 2.13. The van der Waals surface area contributed by atoms with Crippen molar-refractivity contribution in [2.45, 2.75) is 26.8 Å². The first-order valence-electron chi connectivity index (χ1n) is 7.25. The molecule has 116 valence electrons. The molecule has 0 aliphatic carbocycles. The van der Waals surface area contributed by atoms with Crippen LogP contribution in [-0.4, -0.2) is 54.1 Å². The Balaban J connectivity index is 2.50. The van der Waals surface area contributed by atoms with Gasteiger partial charge in [-0.3, -0.25) is 9.69 Å². The van der Waals surface area contributed by atoms with E-state index in [1.165, 1.54) is 4.88 Å². The van der Waals surface area contributed by atoms with E-state index in [4.69, 9.17) is 5.11 Å². The van der Waals surface area contributed by atoms with E-state index in [1.54, 1.807) is 11.3 Å². The van der Waals surface area contributed by atoms with Gasteiger partial charge in [0.05, 0.1) is 18.0 Å². The molecule has 0 bridgehead atoms. The molecule has 0 spiro atoms. The Bertz CT molecular complexity index is 498. The van der Waals surface area contributed by atoms with Crippen LogP contribution in [0.3, 0.4) is 0 Å². The fourth-order valence-corrected chi connectivity index (χ4v) is 2.93. The van der Waals surface area contributed by atoms with Crippen molar-refractivity contribution in [1.82, 2.24) is 9.80 Å². The average Bonchev–Trinajstić information content (AvgIpc) is 2.87. The molecule has 0 atom stereocenters. The molecule has 5 heteroatoms. The molecular weight excluding hydrogens is 284 g/mol. The Morgan fingerprint density at radius 3 is 2.67 bits per heavy atom. The zero-order valence-corrected chi connectivity index (χ0v) is 13.9. The van der Waals surface area contributed by atoms with Gasteiger partial charge >= 0.3 is 0 Å². The first-order chi connectivity index (χ1) is 10.1. The smallest absolute Gasteiger partial charge is 0.236 e. The summed E-state index contributed by atoms with van der Waals surface area (Å²) in [6.45, 7) is 6.79. The van der Waals surface area contributed by atoms with Crippen LogP contribution in [0.5, 0.6) is 0 Å². The van der Waals surface area contributed by atoms with Crippen LogP contribution in [0.1, 0.15) is 30.0 Å². The van der Waals surface area contributed by atoms with Crippen molar-refractivity contribution >= 4 is 17.2 Å². The molecule has 1 rings (SSSR count). The van der Waals surface area contributed by atoms with Crippen LogP contribution in [-0.2, 0) is 11.3 Å². The largest absolute Gasteiger partial charge is 0.395 e. The second-order valence-electron chi connectivity index (χ2n) is 4.78. The number of amides is 1. The highest BCUT2D eigenvalue weighted by Crippen LogP contribution is 2.17. The van der Waals surface area contributed by atoms with E-state index in [2.05, 4.69) is 11.8 Å². The summed E-state index contributed by atoms with van der Waals surface area (Å²) >= 11 is 1.64. The standard InChI is InChI=1S/C16H24N2O2S/c1-4-18(5-2)16(20)13-17(3)12-15-10-9-14(21-15)8-6-7-11-19/h9-10,19H,4-5,7,11-13H2,1-3H3. The van der Waals surface area contributed by atoms with E-state index < -0.39 is 0 Å². The highest BCUT2D eigenvalue weighted by atomic mass is 32.1. The van der Waals surface area contributed by atoms with Crippen molar-refractivity contribution in [2.75, 3.05) is 33.3 Å². The summed E-state index contributed by atoms with van der Waals surface area (Å²) in [5.41, 5.74) is 0. The molecule has 4 nitrogen and oxygen atoms in total. The Morgan fingerprint density at radius 1 is 1.33 bits per heavy atom. The van der Waals surface area contributed by atoms with Crippen molar-refractivity contribution in [3.8, 4) is 11.8 Å². The summed E-state index contributed by atoms with van der Waals surface area (Å²) in [6.07, 6.45) is 0.505. The van der Waals surface area contributed by atoms with Crippen LogP contribution >= 0.6 is 11.3 Å². The molecule has 0 radical (unpaired) electrons. The Morgan fingerprint density at radius 2 is 2.05 bits per heavy atom. The first-order valence-corrected chi connectivity index (χ1v) is 8.07. The van der Waals surface area contributed by atoms with Crippen molar-refractivity contribution in [2.24, 2.45) is 0 Å². The van der Waals surface area contributed by atoms with Gasteiger partial charge in [0.1, 0.15) is 0 Å². The summed E-state index contributed by atoms with van der Waals surface area (Å²) in [6, 6.07) is 4.04. The van der Waals surface area contributed by atoms with Crippen molar-refractivity contribution < 1.29 is 9.90 Å². The van der Waals surface area contributed by atoms with Gasteiger partial charge in [-0.05, 0) is 33.0 Å². The Labute approximate surface area is 131 Å². The number of hydrogen-bond acceptors (Lipinski definition) is 4. The SMILES string of the molecule is CCN(CC)C(=O)CN(C)Cc1ccc(C#CCCO)s1.